The number of carbonyl (C=O) groups excluding carboxylic acids is 1. The normalized spacial score (nSPS) is 17.1. The molecule has 0 spiro atoms. The fraction of sp³-hybridized carbons (Fsp3) is 0.333. The van der Waals surface area contributed by atoms with E-state index in [1.54, 1.807) is 6.08 Å². The van der Waals surface area contributed by atoms with Crippen molar-refractivity contribution in [2.75, 3.05) is 0 Å². The molecule has 1 aromatic heterocycles. The minimum atomic E-state index is -0.337. The molecule has 0 amide bonds. The molecule has 4 nitrogen and oxygen atoms in total. The molecule has 1 saturated carbocycles. The molecule has 1 aliphatic carbocycles. The minimum Gasteiger partial charge on any atom is -0.356 e. The van der Waals surface area contributed by atoms with E-state index in [1.165, 1.54) is 0 Å². The Morgan fingerprint density at radius 1 is 1.50 bits per heavy atom. The van der Waals surface area contributed by atoms with Crippen LogP contribution in [0.1, 0.15) is 24.1 Å². The highest BCUT2D eigenvalue weighted by Crippen LogP contribution is 2.49. The smallest absolute Gasteiger partial charge is 0.235 e. The van der Waals surface area contributed by atoms with Crippen LogP contribution in [0.25, 0.3) is 11.0 Å². The summed E-state index contributed by atoms with van der Waals surface area (Å²) in [5.41, 5.74) is 2.31. The van der Waals surface area contributed by atoms with Crippen LogP contribution in [0.2, 0.25) is 0 Å². The summed E-state index contributed by atoms with van der Waals surface area (Å²) in [5, 5.41) is 4.91. The lowest BCUT2D eigenvalue weighted by Crippen LogP contribution is -2.01. The predicted octanol–water partition coefficient (Wildman–Crippen LogP) is 2.46. The van der Waals surface area contributed by atoms with Crippen LogP contribution >= 0.6 is 0 Å². The lowest BCUT2D eigenvalue weighted by molar-refractivity contribution is 0.450. The minimum absolute atomic E-state index is 0.337. The van der Waals surface area contributed by atoms with Crippen LogP contribution in [0.5, 0.6) is 0 Å². The monoisotopic (exact) mass is 214 g/mol. The Hall–Kier alpha value is -1.93. The Morgan fingerprint density at radius 3 is 3.00 bits per heavy atom. The molecule has 3 rings (SSSR count). The van der Waals surface area contributed by atoms with E-state index in [-0.39, 0.29) is 5.54 Å². The van der Waals surface area contributed by atoms with Gasteiger partial charge in [0.1, 0.15) is 0 Å². The molecular weight excluding hydrogens is 204 g/mol. The van der Waals surface area contributed by atoms with Gasteiger partial charge in [-0.15, -0.1) is 0 Å². The molecule has 2 aromatic rings. The first-order chi connectivity index (χ1) is 7.75. The molecule has 0 aliphatic heterocycles. The van der Waals surface area contributed by atoms with Gasteiger partial charge in [-0.3, -0.25) is 0 Å². The number of fused-ring (bicyclic) bond motifs is 1. The number of hydrogen-bond acceptors (Lipinski definition) is 4. The summed E-state index contributed by atoms with van der Waals surface area (Å²) in [5.74, 6) is 0. The third kappa shape index (κ3) is 1.20. The van der Waals surface area contributed by atoms with Crippen molar-refractivity contribution >= 4 is 17.0 Å². The zero-order valence-corrected chi connectivity index (χ0v) is 8.86. The van der Waals surface area contributed by atoms with E-state index < -0.39 is 0 Å². The van der Waals surface area contributed by atoms with E-state index in [0.717, 1.165) is 35.1 Å². The zero-order chi connectivity index (χ0) is 11.2. The SMILES string of the molecule is Cc1noc2cc(C3(N=C=O)CC3)ccc12. The molecule has 1 heterocycles. The molecule has 4 heteroatoms. The number of aromatic nitrogens is 1. The Morgan fingerprint density at radius 2 is 2.31 bits per heavy atom. The first-order valence-electron chi connectivity index (χ1n) is 5.21. The van der Waals surface area contributed by atoms with Gasteiger partial charge in [0.05, 0.1) is 11.2 Å². The Balaban J connectivity index is 2.16. The van der Waals surface area contributed by atoms with Crippen molar-refractivity contribution < 1.29 is 9.32 Å². The maximum atomic E-state index is 10.4. The van der Waals surface area contributed by atoms with E-state index in [1.807, 2.05) is 25.1 Å². The molecule has 0 bridgehead atoms. The highest BCUT2D eigenvalue weighted by Gasteiger charge is 2.45. The van der Waals surface area contributed by atoms with Gasteiger partial charge in [-0.05, 0) is 37.5 Å². The van der Waals surface area contributed by atoms with Crippen LogP contribution in [0, 0.1) is 6.92 Å². The number of benzene rings is 1. The van der Waals surface area contributed by atoms with Gasteiger partial charge in [-0.2, -0.15) is 4.99 Å². The van der Waals surface area contributed by atoms with Gasteiger partial charge < -0.3 is 4.52 Å². The first kappa shape index (κ1) is 9.31. The average Bonchev–Trinajstić information content (AvgIpc) is 2.99. The molecule has 1 aromatic carbocycles. The molecule has 1 aliphatic rings. The number of aliphatic imine (C=N–C) groups is 1. The summed E-state index contributed by atoms with van der Waals surface area (Å²) in [6.07, 6.45) is 3.46. The molecule has 0 unspecified atom stereocenters. The molecule has 0 saturated heterocycles. The number of nitrogens with zero attached hydrogens (tertiary/aromatic N) is 2. The van der Waals surface area contributed by atoms with Crippen molar-refractivity contribution in [2.24, 2.45) is 4.99 Å². The Labute approximate surface area is 92.0 Å². The van der Waals surface area contributed by atoms with Crippen molar-refractivity contribution in [3.8, 4) is 0 Å². The maximum absolute atomic E-state index is 10.4. The lowest BCUT2D eigenvalue weighted by atomic mass is 10.0. The summed E-state index contributed by atoms with van der Waals surface area (Å²) in [6.45, 7) is 1.90. The van der Waals surface area contributed by atoms with Gasteiger partial charge >= 0.3 is 0 Å². The van der Waals surface area contributed by atoms with Crippen molar-refractivity contribution in [3.63, 3.8) is 0 Å². The molecule has 0 radical (unpaired) electrons. The summed E-state index contributed by atoms with van der Waals surface area (Å²) in [6, 6.07) is 5.88. The Kier molecular flexibility index (Phi) is 1.76. The summed E-state index contributed by atoms with van der Waals surface area (Å²) < 4.78 is 5.20. The summed E-state index contributed by atoms with van der Waals surface area (Å²) in [7, 11) is 0. The van der Waals surface area contributed by atoms with Crippen molar-refractivity contribution in [2.45, 2.75) is 25.3 Å². The topological polar surface area (TPSA) is 55.5 Å². The van der Waals surface area contributed by atoms with Gasteiger partial charge in [0.15, 0.2) is 5.58 Å². The molecule has 0 atom stereocenters. The van der Waals surface area contributed by atoms with Gasteiger partial charge in [0.2, 0.25) is 6.08 Å². The third-order valence-corrected chi connectivity index (χ3v) is 3.17. The van der Waals surface area contributed by atoms with Gasteiger partial charge in [-0.25, -0.2) is 4.79 Å². The van der Waals surface area contributed by atoms with Gasteiger partial charge in [0, 0.05) is 5.39 Å². The van der Waals surface area contributed by atoms with E-state index in [4.69, 9.17) is 4.52 Å². The number of rotatable bonds is 2. The molecule has 80 valence electrons. The Bertz CT molecular complexity index is 605. The fourth-order valence-corrected chi connectivity index (χ4v) is 2.02. The predicted molar refractivity (Wildman–Crippen MR) is 57.8 cm³/mol. The van der Waals surface area contributed by atoms with Crippen LogP contribution in [-0.4, -0.2) is 11.2 Å². The highest BCUT2D eigenvalue weighted by molar-refractivity contribution is 5.80. The second kappa shape index (κ2) is 3.03. The van der Waals surface area contributed by atoms with E-state index in [2.05, 4.69) is 10.1 Å². The summed E-state index contributed by atoms with van der Waals surface area (Å²) >= 11 is 0. The lowest BCUT2D eigenvalue weighted by Gasteiger charge is -2.06. The fourth-order valence-electron chi connectivity index (χ4n) is 2.02. The maximum Gasteiger partial charge on any atom is 0.235 e. The van der Waals surface area contributed by atoms with Crippen molar-refractivity contribution in [3.05, 3.63) is 29.5 Å². The standard InChI is InChI=1S/C12H10N2O2/c1-8-10-3-2-9(6-11(10)16-14-8)12(4-5-12)13-7-15/h2-3,6H,4-5H2,1H3. The van der Waals surface area contributed by atoms with Crippen LogP contribution in [0.4, 0.5) is 0 Å². The van der Waals surface area contributed by atoms with Crippen molar-refractivity contribution in [1.29, 1.82) is 0 Å². The van der Waals surface area contributed by atoms with Crippen molar-refractivity contribution in [1.82, 2.24) is 5.16 Å². The first-order valence-corrected chi connectivity index (χ1v) is 5.21. The number of hydrogen-bond donors (Lipinski definition) is 0. The van der Waals surface area contributed by atoms with Gasteiger partial charge in [0.25, 0.3) is 0 Å². The van der Waals surface area contributed by atoms with E-state index in [9.17, 15) is 4.79 Å². The van der Waals surface area contributed by atoms with Crippen LogP contribution < -0.4 is 0 Å². The quantitative estimate of drug-likeness (QED) is 0.570. The van der Waals surface area contributed by atoms with E-state index >= 15 is 0 Å². The number of isocyanates is 1. The van der Waals surface area contributed by atoms with E-state index in [0.29, 0.717) is 0 Å². The van der Waals surface area contributed by atoms with Gasteiger partial charge in [-0.1, -0.05) is 11.2 Å². The van der Waals surface area contributed by atoms with Crippen LogP contribution in [0.15, 0.2) is 27.7 Å². The molecule has 0 N–H and O–H groups in total. The second-order valence-corrected chi connectivity index (χ2v) is 4.21. The zero-order valence-electron chi connectivity index (χ0n) is 8.86. The molecule has 16 heavy (non-hydrogen) atoms. The second-order valence-electron chi connectivity index (χ2n) is 4.21. The highest BCUT2D eigenvalue weighted by atomic mass is 16.5. The largest absolute Gasteiger partial charge is 0.356 e. The van der Waals surface area contributed by atoms with Crippen LogP contribution in [-0.2, 0) is 10.3 Å². The molecular formula is C12H10N2O2. The summed E-state index contributed by atoms with van der Waals surface area (Å²) in [4.78, 5) is 14.3. The molecule has 1 fully saturated rings. The average molecular weight is 214 g/mol. The van der Waals surface area contributed by atoms with Crippen LogP contribution in [0.3, 0.4) is 0 Å². The number of aryl methyl sites for hydroxylation is 1. The third-order valence-electron chi connectivity index (χ3n) is 3.17.